The molecular formula is C88H102N20O9S4. The Labute approximate surface area is 718 Å². The van der Waals surface area contributed by atoms with Crippen LogP contribution in [0, 0.1) is 79.1 Å². The van der Waals surface area contributed by atoms with E-state index in [1.54, 1.807) is 78.2 Å². The zero-order valence-corrected chi connectivity index (χ0v) is 73.0. The number of benzene rings is 4. The third kappa shape index (κ3) is 21.6. The number of rotatable bonds is 8. The van der Waals surface area contributed by atoms with Crippen LogP contribution in [-0.2, 0) is 38.4 Å². The second-order valence-electron chi connectivity index (χ2n) is 32.0. The first-order valence-electron chi connectivity index (χ1n) is 40.2. The number of aromatic nitrogens is 8. The Balaban J connectivity index is 0.000000142. The first-order chi connectivity index (χ1) is 57.7. The average molecular weight is 1710 g/mol. The molecule has 4 saturated heterocycles. The molecule has 12 aromatic rings. The monoisotopic (exact) mass is 1710 g/mol. The normalized spacial score (nSPS) is 18.9. The molecule has 121 heavy (non-hydrogen) atoms. The van der Waals surface area contributed by atoms with Gasteiger partial charge in [-0.1, -0.05) is 52.0 Å². The maximum Gasteiger partial charge on any atom is 0.394 e. The Bertz CT molecular complexity index is 5460. The van der Waals surface area contributed by atoms with Crippen LogP contribution in [-0.4, -0.2) is 131 Å². The van der Waals surface area contributed by atoms with E-state index in [1.807, 2.05) is 39.0 Å². The number of carboxylic acid groups (broad SMARTS) is 1. The Hall–Kier alpha value is -12.0. The summed E-state index contributed by atoms with van der Waals surface area (Å²) in [5.41, 5.74) is 35.9. The largest absolute Gasteiger partial charge is 0.474 e. The van der Waals surface area contributed by atoms with Crippen LogP contribution in [0.15, 0.2) is 122 Å². The fourth-order valence-corrected chi connectivity index (χ4v) is 18.4. The first kappa shape index (κ1) is 88.3. The second-order valence-corrected chi connectivity index (χ2v) is 35.3. The predicted octanol–water partition coefficient (Wildman–Crippen LogP) is 15.1. The van der Waals surface area contributed by atoms with Crippen molar-refractivity contribution in [1.29, 1.82) is 0 Å². The summed E-state index contributed by atoms with van der Waals surface area (Å²) in [4.78, 5) is 120. The van der Waals surface area contributed by atoms with Crippen LogP contribution in [0.1, 0.15) is 171 Å². The van der Waals surface area contributed by atoms with Crippen LogP contribution >= 0.6 is 46.1 Å². The van der Waals surface area contributed by atoms with E-state index in [4.69, 9.17) is 28.0 Å². The number of hydrogen-bond acceptors (Lipinski definition) is 25. The number of anilines is 8. The molecule has 7 amide bonds. The fourth-order valence-electron chi connectivity index (χ4n) is 15.3. The number of nitrogens with two attached hydrogens (primary N) is 4. The molecule has 4 aliphatic rings. The van der Waals surface area contributed by atoms with Crippen molar-refractivity contribution in [2.45, 2.75) is 159 Å². The van der Waals surface area contributed by atoms with Crippen LogP contribution in [0.4, 0.5) is 46.0 Å². The van der Waals surface area contributed by atoms with Gasteiger partial charge in [-0.05, 0) is 300 Å². The van der Waals surface area contributed by atoms with Gasteiger partial charge in [0.2, 0.25) is 0 Å². The molecule has 14 N–H and O–H groups in total. The number of aryl methyl sites for hydroxylation is 8. The smallest absolute Gasteiger partial charge is 0.394 e. The summed E-state index contributed by atoms with van der Waals surface area (Å²) in [6.45, 7) is 26.6. The standard InChI is InChI=1S/3C22H25N5O2S.C14H18N2S.C8H9N3O3/c3*1-12-4-6-18(15-5-7-19-17(9-15)14(3)26-30-19)27(11-12)22(29)21(28)25-16-8-13(2)20(23)24-10-16;1-9-3-5-13(15-8-9)11-4-6-14-12(7-11)10(2)16-17-14;1-4-2-5(3-10-6(4)9)11-7(12)8(13)14/h3*5,7-10,12,18H,4,6,11H2,1-3H3,(H2,23,24)(H,25,28);4,6-7,9,13,15H,3,5,8H2,1-2H3;2-3H,1H3,(H2,9,10)(H,11,12)(H,13,14)/t2*12-,18+;;;/m10.../s1. The Morgan fingerprint density at radius 1 is 0.364 bits per heavy atom. The molecule has 632 valence electrons. The number of fused-ring (bicyclic) bond motifs is 4. The molecule has 4 fully saturated rings. The van der Waals surface area contributed by atoms with E-state index >= 15 is 0 Å². The molecule has 0 radical (unpaired) electrons. The van der Waals surface area contributed by atoms with Gasteiger partial charge >= 0.3 is 47.3 Å². The van der Waals surface area contributed by atoms with Gasteiger partial charge in [-0.15, -0.1) is 0 Å². The minimum Gasteiger partial charge on any atom is -0.474 e. The van der Waals surface area contributed by atoms with E-state index in [2.05, 4.69) is 153 Å². The van der Waals surface area contributed by atoms with Crippen LogP contribution in [0.3, 0.4) is 0 Å². The van der Waals surface area contributed by atoms with Gasteiger partial charge in [0, 0.05) is 47.2 Å². The van der Waals surface area contributed by atoms with Gasteiger partial charge in [-0.2, -0.15) is 17.5 Å². The Kier molecular flexibility index (Phi) is 28.4. The predicted molar refractivity (Wildman–Crippen MR) is 481 cm³/mol. The van der Waals surface area contributed by atoms with Crippen LogP contribution in [0.5, 0.6) is 0 Å². The number of amides is 7. The number of nitrogens with one attached hydrogen (secondary N) is 5. The maximum absolute atomic E-state index is 13.1. The lowest BCUT2D eigenvalue weighted by atomic mass is 9.89. The number of nitrogens with zero attached hydrogens (tertiary/aromatic N) is 11. The molecule has 4 aliphatic heterocycles. The highest BCUT2D eigenvalue weighted by Crippen LogP contribution is 2.41. The second kappa shape index (κ2) is 39.0. The minimum atomic E-state index is -1.54. The van der Waals surface area contributed by atoms with Crippen molar-refractivity contribution < 1.29 is 43.5 Å². The number of piperidine rings is 4. The van der Waals surface area contributed by atoms with Gasteiger partial charge in [-0.3, -0.25) is 33.6 Å². The summed E-state index contributed by atoms with van der Waals surface area (Å²) in [5.74, 6) is -2.81. The van der Waals surface area contributed by atoms with Gasteiger partial charge in [0.1, 0.15) is 23.3 Å². The van der Waals surface area contributed by atoms with E-state index in [0.29, 0.717) is 95.0 Å². The molecule has 0 saturated carbocycles. The topological polar surface area (TPSA) is 434 Å². The number of likely N-dealkylation sites (tertiary alicyclic amines) is 3. The van der Waals surface area contributed by atoms with Gasteiger partial charge < -0.3 is 69.3 Å². The zero-order chi connectivity index (χ0) is 86.8. The number of carboxylic acids is 1. The van der Waals surface area contributed by atoms with Gasteiger partial charge in [-0.25, -0.2) is 24.7 Å². The molecule has 0 aliphatic carbocycles. The Morgan fingerprint density at radius 2 is 0.628 bits per heavy atom. The van der Waals surface area contributed by atoms with Crippen molar-refractivity contribution in [2.75, 3.05) is 70.4 Å². The lowest BCUT2D eigenvalue weighted by Crippen LogP contribution is -2.46. The van der Waals surface area contributed by atoms with Crippen molar-refractivity contribution in [2.24, 2.45) is 23.7 Å². The number of pyridine rings is 4. The molecule has 33 heteroatoms. The van der Waals surface area contributed by atoms with Crippen LogP contribution < -0.4 is 49.5 Å². The van der Waals surface area contributed by atoms with E-state index in [0.717, 1.165) is 137 Å². The third-order valence-electron chi connectivity index (χ3n) is 22.4. The molecule has 0 bridgehead atoms. The third-order valence-corrected chi connectivity index (χ3v) is 26.1. The van der Waals surface area contributed by atoms with Gasteiger partial charge in [0.25, 0.3) is 0 Å². The summed E-state index contributed by atoms with van der Waals surface area (Å²) < 4.78 is 22.4. The fraction of sp³-hybridized carbons (Fsp3) is 0.364. The lowest BCUT2D eigenvalue weighted by Gasteiger charge is -2.38. The van der Waals surface area contributed by atoms with E-state index in [9.17, 15) is 38.4 Å². The summed E-state index contributed by atoms with van der Waals surface area (Å²) in [6.07, 6.45) is 13.8. The highest BCUT2D eigenvalue weighted by Gasteiger charge is 2.38. The van der Waals surface area contributed by atoms with Crippen molar-refractivity contribution in [1.82, 2.24) is 57.4 Å². The van der Waals surface area contributed by atoms with E-state index in [1.165, 1.54) is 87.9 Å². The summed E-state index contributed by atoms with van der Waals surface area (Å²) in [5, 5.41) is 26.8. The lowest BCUT2D eigenvalue weighted by molar-refractivity contribution is -0.147. The average Bonchev–Trinajstić information content (AvgIpc) is 1.78. The van der Waals surface area contributed by atoms with Gasteiger partial charge in [0.05, 0.1) is 107 Å². The van der Waals surface area contributed by atoms with Crippen molar-refractivity contribution in [3.63, 3.8) is 0 Å². The van der Waals surface area contributed by atoms with Crippen molar-refractivity contribution in [3.05, 3.63) is 189 Å². The summed E-state index contributed by atoms with van der Waals surface area (Å²) >= 11 is 6.03. The van der Waals surface area contributed by atoms with E-state index < -0.39 is 47.3 Å². The number of aliphatic carboxylic acids is 1. The molecule has 16 rings (SSSR count). The highest BCUT2D eigenvalue weighted by atomic mass is 32.1. The summed E-state index contributed by atoms with van der Waals surface area (Å²) in [6, 6.07) is 32.3. The van der Waals surface area contributed by atoms with Crippen LogP contribution in [0.25, 0.3) is 40.3 Å². The quantitative estimate of drug-likeness (QED) is 0.0632. The zero-order valence-electron chi connectivity index (χ0n) is 69.7. The maximum atomic E-state index is 13.1. The molecule has 12 heterocycles. The van der Waals surface area contributed by atoms with Crippen LogP contribution in [0.2, 0.25) is 0 Å². The SMILES string of the molecule is Cc1cc(NC(=O)C(=O)N2CC(C)CCC2c2ccc3snc(C)c3c2)cnc1N.Cc1cc(NC(=O)C(=O)N2C[C@@H](C)CC[C@@H]2c2ccc3snc(C)c3c2)cnc1N.Cc1cc(NC(=O)C(=O)N2C[C@H](C)CC[C@H]2c2ccc3snc(C)c3c2)cnc1N.Cc1cc(NC(=O)C(=O)O)cnc1N.Cc1nsc2ccc(C3CCC(C)CN3)cc12. The summed E-state index contributed by atoms with van der Waals surface area (Å²) in [7, 11) is 0. The number of carbonyl (C=O) groups is 8. The minimum absolute atomic E-state index is 0.130. The van der Waals surface area contributed by atoms with Crippen molar-refractivity contribution in [3.8, 4) is 0 Å². The molecular weight excluding hydrogens is 1610 g/mol. The molecule has 4 aromatic carbocycles. The number of nitrogen functional groups attached to an aromatic ring is 4. The first-order valence-corrected chi connectivity index (χ1v) is 43.3. The molecule has 8 atom stereocenters. The highest BCUT2D eigenvalue weighted by molar-refractivity contribution is 7.14. The van der Waals surface area contributed by atoms with Gasteiger partial charge in [0.15, 0.2) is 0 Å². The molecule has 0 spiro atoms. The van der Waals surface area contributed by atoms with E-state index in [-0.39, 0.29) is 18.1 Å². The molecule has 29 nitrogen and oxygen atoms in total. The molecule has 4 unspecified atom stereocenters. The number of hydrogen-bond donors (Lipinski definition) is 10. The number of carbonyl (C=O) groups excluding carboxylic acids is 7. The van der Waals surface area contributed by atoms with Crippen molar-refractivity contribution >= 4 is 180 Å². The molecule has 8 aromatic heterocycles. The Morgan fingerprint density at radius 3 is 0.893 bits per heavy atom.